The van der Waals surface area contributed by atoms with E-state index in [0.717, 1.165) is 27.7 Å². The van der Waals surface area contributed by atoms with E-state index in [9.17, 15) is 0 Å². The van der Waals surface area contributed by atoms with Crippen LogP contribution in [0.15, 0.2) is 29.9 Å². The Hall–Kier alpha value is -2.08. The quantitative estimate of drug-likeness (QED) is 0.659. The van der Waals surface area contributed by atoms with Gasteiger partial charge < -0.3 is 9.47 Å². The zero-order valence-corrected chi connectivity index (χ0v) is 9.48. The van der Waals surface area contributed by atoms with Gasteiger partial charge in [0.05, 0.1) is 11.9 Å². The lowest BCUT2D eigenvalue weighted by Gasteiger charge is -1.98. The molecule has 1 aliphatic rings. The van der Waals surface area contributed by atoms with Gasteiger partial charge in [-0.05, 0) is 18.2 Å². The van der Waals surface area contributed by atoms with Gasteiger partial charge >= 0.3 is 0 Å². The van der Waals surface area contributed by atoms with E-state index < -0.39 is 0 Å². The van der Waals surface area contributed by atoms with E-state index in [1.807, 2.05) is 24.4 Å². The normalized spacial score (nSPS) is 13.4. The highest BCUT2D eigenvalue weighted by atomic mass is 32.1. The first-order valence-corrected chi connectivity index (χ1v) is 5.97. The van der Waals surface area contributed by atoms with Crippen molar-refractivity contribution < 1.29 is 9.47 Å². The third-order valence-electron chi connectivity index (χ3n) is 2.65. The van der Waals surface area contributed by atoms with Crippen LogP contribution < -0.4 is 9.47 Å². The number of imidazole rings is 1. The Balaban J connectivity index is 1.86. The van der Waals surface area contributed by atoms with Crippen LogP contribution in [0.5, 0.6) is 11.5 Å². The molecule has 0 radical (unpaired) electrons. The molecule has 17 heavy (non-hydrogen) atoms. The molecule has 5 nitrogen and oxygen atoms in total. The van der Waals surface area contributed by atoms with E-state index in [-0.39, 0.29) is 0 Å². The van der Waals surface area contributed by atoms with Gasteiger partial charge in [0.1, 0.15) is 5.51 Å². The fourth-order valence-corrected chi connectivity index (χ4v) is 2.44. The first-order valence-electron chi connectivity index (χ1n) is 5.09. The minimum Gasteiger partial charge on any atom is -0.454 e. The lowest BCUT2D eigenvalue weighted by Crippen LogP contribution is -1.92. The second kappa shape index (κ2) is 3.21. The number of benzene rings is 1. The van der Waals surface area contributed by atoms with E-state index in [1.165, 1.54) is 11.3 Å². The molecule has 84 valence electrons. The number of fused-ring (bicyclic) bond motifs is 2. The average molecular weight is 245 g/mol. The molecule has 6 heteroatoms. The highest BCUT2D eigenvalue weighted by Crippen LogP contribution is 2.35. The van der Waals surface area contributed by atoms with Gasteiger partial charge in [0.2, 0.25) is 11.8 Å². The molecule has 0 amide bonds. The molecule has 0 aliphatic carbocycles. The predicted octanol–water partition coefficient (Wildman–Crippen LogP) is 2.19. The second-order valence-electron chi connectivity index (χ2n) is 3.66. The fraction of sp³-hybridized carbons (Fsp3) is 0.0909. The summed E-state index contributed by atoms with van der Waals surface area (Å²) in [6.45, 7) is 0.290. The maximum absolute atomic E-state index is 5.35. The van der Waals surface area contributed by atoms with Crippen molar-refractivity contribution in [3.63, 3.8) is 0 Å². The largest absolute Gasteiger partial charge is 0.454 e. The molecule has 0 N–H and O–H groups in total. The Bertz CT molecular complexity index is 675. The molecule has 2 aromatic heterocycles. The molecule has 0 bridgehead atoms. The first kappa shape index (κ1) is 9.00. The Morgan fingerprint density at radius 2 is 2.18 bits per heavy atom. The summed E-state index contributed by atoms with van der Waals surface area (Å²) in [6, 6.07) is 5.81. The summed E-state index contributed by atoms with van der Waals surface area (Å²) < 4.78 is 12.4. The molecule has 0 spiro atoms. The summed E-state index contributed by atoms with van der Waals surface area (Å²) in [6.07, 6.45) is 1.91. The second-order valence-corrected chi connectivity index (χ2v) is 4.47. The number of ether oxygens (including phenoxy) is 2. The van der Waals surface area contributed by atoms with Crippen LogP contribution in [0, 0.1) is 0 Å². The van der Waals surface area contributed by atoms with Gasteiger partial charge in [0.25, 0.3) is 0 Å². The van der Waals surface area contributed by atoms with Gasteiger partial charge in [0.15, 0.2) is 11.5 Å². The number of aromatic nitrogens is 3. The monoisotopic (exact) mass is 245 g/mol. The summed E-state index contributed by atoms with van der Waals surface area (Å²) in [7, 11) is 0. The smallest absolute Gasteiger partial charge is 0.231 e. The molecule has 0 saturated heterocycles. The van der Waals surface area contributed by atoms with Crippen molar-refractivity contribution in [1.82, 2.24) is 14.6 Å². The lowest BCUT2D eigenvalue weighted by atomic mass is 10.1. The Morgan fingerprint density at radius 1 is 1.24 bits per heavy atom. The molecule has 1 aliphatic heterocycles. The van der Waals surface area contributed by atoms with Gasteiger partial charge in [-0.3, -0.25) is 0 Å². The molecule has 3 heterocycles. The number of hydrogen-bond acceptors (Lipinski definition) is 5. The summed E-state index contributed by atoms with van der Waals surface area (Å²) >= 11 is 1.51. The third kappa shape index (κ3) is 1.31. The van der Waals surface area contributed by atoms with Gasteiger partial charge in [-0.25, -0.2) is 9.50 Å². The van der Waals surface area contributed by atoms with Crippen molar-refractivity contribution in [2.75, 3.05) is 6.79 Å². The lowest BCUT2D eigenvalue weighted by molar-refractivity contribution is 0.174. The van der Waals surface area contributed by atoms with Crippen LogP contribution in [0.25, 0.3) is 16.2 Å². The SMILES string of the molecule is c1nn2cc(-c3ccc4c(c3)OCO4)nc2s1. The fourth-order valence-electron chi connectivity index (χ4n) is 1.83. The molecular formula is C11H7N3O2S. The molecule has 3 aromatic rings. The van der Waals surface area contributed by atoms with Crippen LogP contribution >= 0.6 is 11.3 Å². The van der Waals surface area contributed by atoms with Crippen molar-refractivity contribution in [2.24, 2.45) is 0 Å². The predicted molar refractivity (Wildman–Crippen MR) is 62.4 cm³/mol. The van der Waals surface area contributed by atoms with E-state index in [1.54, 1.807) is 10.0 Å². The third-order valence-corrected chi connectivity index (χ3v) is 3.34. The number of nitrogens with zero attached hydrogens (tertiary/aromatic N) is 3. The topological polar surface area (TPSA) is 48.7 Å². The van der Waals surface area contributed by atoms with Crippen molar-refractivity contribution in [2.45, 2.75) is 0 Å². The molecule has 0 unspecified atom stereocenters. The summed E-state index contributed by atoms with van der Waals surface area (Å²) in [5.41, 5.74) is 3.67. The molecule has 4 rings (SSSR count). The molecular weight excluding hydrogens is 238 g/mol. The summed E-state index contributed by atoms with van der Waals surface area (Å²) in [5, 5.41) is 4.15. The number of rotatable bonds is 1. The van der Waals surface area contributed by atoms with Gasteiger partial charge in [-0.15, -0.1) is 0 Å². The van der Waals surface area contributed by atoms with Crippen molar-refractivity contribution in [3.05, 3.63) is 29.9 Å². The Morgan fingerprint density at radius 3 is 3.12 bits per heavy atom. The molecule has 0 fully saturated rings. The van der Waals surface area contributed by atoms with E-state index in [4.69, 9.17) is 9.47 Å². The Labute approximate surface area is 100 Å². The zero-order chi connectivity index (χ0) is 11.2. The van der Waals surface area contributed by atoms with Gasteiger partial charge in [-0.2, -0.15) is 5.10 Å². The van der Waals surface area contributed by atoms with Crippen LogP contribution in [0.2, 0.25) is 0 Å². The van der Waals surface area contributed by atoms with Crippen LogP contribution in [-0.2, 0) is 0 Å². The van der Waals surface area contributed by atoms with E-state index >= 15 is 0 Å². The van der Waals surface area contributed by atoms with Gasteiger partial charge in [-0.1, -0.05) is 11.3 Å². The highest BCUT2D eigenvalue weighted by molar-refractivity contribution is 7.14. The van der Waals surface area contributed by atoms with E-state index in [2.05, 4.69) is 10.1 Å². The zero-order valence-electron chi connectivity index (χ0n) is 8.66. The Kier molecular flexibility index (Phi) is 1.70. The summed E-state index contributed by atoms with van der Waals surface area (Å²) in [5.74, 6) is 1.56. The average Bonchev–Trinajstić information content (AvgIpc) is 3.02. The maximum Gasteiger partial charge on any atom is 0.231 e. The molecule has 0 saturated carbocycles. The maximum atomic E-state index is 5.35. The van der Waals surface area contributed by atoms with Gasteiger partial charge in [0, 0.05) is 5.56 Å². The molecule has 1 aromatic carbocycles. The summed E-state index contributed by atoms with van der Waals surface area (Å²) in [4.78, 5) is 5.38. The van der Waals surface area contributed by atoms with Crippen molar-refractivity contribution >= 4 is 16.3 Å². The van der Waals surface area contributed by atoms with Crippen LogP contribution in [0.3, 0.4) is 0 Å². The van der Waals surface area contributed by atoms with Crippen molar-refractivity contribution in [1.29, 1.82) is 0 Å². The minimum absolute atomic E-state index is 0.290. The standard InChI is InChI=1S/C11H7N3O2S/c1-2-9-10(16-6-15-9)3-7(1)8-4-14-11(13-8)17-5-12-14/h1-5H,6H2. The van der Waals surface area contributed by atoms with Crippen molar-refractivity contribution in [3.8, 4) is 22.8 Å². The van der Waals surface area contributed by atoms with Crippen LogP contribution in [-0.4, -0.2) is 21.4 Å². The van der Waals surface area contributed by atoms with Crippen LogP contribution in [0.1, 0.15) is 0 Å². The van der Waals surface area contributed by atoms with Crippen LogP contribution in [0.4, 0.5) is 0 Å². The number of hydrogen-bond donors (Lipinski definition) is 0. The first-order chi connectivity index (χ1) is 8.40. The highest BCUT2D eigenvalue weighted by Gasteiger charge is 2.15. The molecule has 0 atom stereocenters. The minimum atomic E-state index is 0.290. The van der Waals surface area contributed by atoms with E-state index in [0.29, 0.717) is 6.79 Å².